The van der Waals surface area contributed by atoms with Gasteiger partial charge in [-0.1, -0.05) is 18.5 Å². The Kier molecular flexibility index (Phi) is 4.71. The summed E-state index contributed by atoms with van der Waals surface area (Å²) in [6, 6.07) is 6.01. The summed E-state index contributed by atoms with van der Waals surface area (Å²) in [5.41, 5.74) is 1.80. The first kappa shape index (κ1) is 14.6. The largest absolute Gasteiger partial charge is 0.388 e. The van der Waals surface area contributed by atoms with Crippen molar-refractivity contribution < 1.29 is 5.11 Å². The van der Waals surface area contributed by atoms with Crippen molar-refractivity contribution in [2.24, 2.45) is 0 Å². The third-order valence-corrected chi connectivity index (χ3v) is 3.86. The van der Waals surface area contributed by atoms with Gasteiger partial charge in [0.2, 0.25) is 0 Å². The van der Waals surface area contributed by atoms with Crippen LogP contribution in [0.15, 0.2) is 18.2 Å². The van der Waals surface area contributed by atoms with Gasteiger partial charge in [-0.15, -0.1) is 0 Å². The Balaban J connectivity index is 2.22. The average molecular weight is 283 g/mol. The first-order valence-electron chi connectivity index (χ1n) is 6.98. The topological polar surface area (TPSA) is 35.5 Å². The van der Waals surface area contributed by atoms with E-state index in [1.807, 2.05) is 19.1 Å². The number of rotatable bonds is 4. The molecule has 2 N–H and O–H groups in total. The van der Waals surface area contributed by atoms with Crippen LogP contribution in [0.5, 0.6) is 0 Å². The van der Waals surface area contributed by atoms with Gasteiger partial charge in [0.25, 0.3) is 0 Å². The molecule has 1 atom stereocenters. The lowest BCUT2D eigenvalue weighted by atomic mass is 9.94. The van der Waals surface area contributed by atoms with Crippen molar-refractivity contribution in [1.82, 2.24) is 5.32 Å². The molecule has 0 aromatic heterocycles. The zero-order valence-electron chi connectivity index (χ0n) is 11.7. The van der Waals surface area contributed by atoms with Crippen molar-refractivity contribution in [3.8, 4) is 0 Å². The fraction of sp³-hybridized carbons (Fsp3) is 0.600. The lowest BCUT2D eigenvalue weighted by Crippen LogP contribution is -2.46. The minimum absolute atomic E-state index is 0.590. The molecule has 1 aromatic rings. The molecule has 1 aliphatic rings. The number of piperidine rings is 1. The number of benzene rings is 1. The fourth-order valence-corrected chi connectivity index (χ4v) is 2.88. The molecule has 3 nitrogen and oxygen atoms in total. The number of nitrogens with one attached hydrogen (secondary N) is 1. The van der Waals surface area contributed by atoms with Gasteiger partial charge in [0, 0.05) is 30.3 Å². The number of aliphatic hydroxyl groups is 1. The van der Waals surface area contributed by atoms with Crippen LogP contribution < -0.4 is 10.2 Å². The Morgan fingerprint density at radius 1 is 1.47 bits per heavy atom. The molecule has 0 spiro atoms. The molecular weight excluding hydrogens is 260 g/mol. The number of halogens is 1. The Bertz CT molecular complexity index is 434. The van der Waals surface area contributed by atoms with Crippen molar-refractivity contribution in [2.75, 3.05) is 24.5 Å². The van der Waals surface area contributed by atoms with Gasteiger partial charge >= 0.3 is 0 Å². The molecule has 0 saturated carbocycles. The molecule has 0 aliphatic carbocycles. The predicted molar refractivity (Wildman–Crippen MR) is 80.9 cm³/mol. The highest BCUT2D eigenvalue weighted by molar-refractivity contribution is 6.30. The van der Waals surface area contributed by atoms with Crippen molar-refractivity contribution in [3.05, 3.63) is 28.8 Å². The molecule has 4 heteroatoms. The SMILES string of the molecule is CCNCc1cc(Cl)ccc1N1CCCC(C)(O)C1. The van der Waals surface area contributed by atoms with E-state index in [1.54, 1.807) is 0 Å². The highest BCUT2D eigenvalue weighted by Gasteiger charge is 2.29. The second kappa shape index (κ2) is 6.12. The molecule has 1 saturated heterocycles. The van der Waals surface area contributed by atoms with Gasteiger partial charge in [-0.3, -0.25) is 0 Å². The highest BCUT2D eigenvalue weighted by atomic mass is 35.5. The zero-order chi connectivity index (χ0) is 13.9. The molecule has 0 radical (unpaired) electrons. The molecule has 0 bridgehead atoms. The molecular formula is C15H23ClN2O. The normalized spacial score (nSPS) is 23.7. The van der Waals surface area contributed by atoms with Gasteiger partial charge in [0.1, 0.15) is 0 Å². The minimum Gasteiger partial charge on any atom is -0.388 e. The quantitative estimate of drug-likeness (QED) is 0.891. The smallest absolute Gasteiger partial charge is 0.0794 e. The third-order valence-electron chi connectivity index (χ3n) is 3.62. The average Bonchev–Trinajstić information content (AvgIpc) is 2.35. The molecule has 1 unspecified atom stereocenters. The number of anilines is 1. The summed E-state index contributed by atoms with van der Waals surface area (Å²) in [5, 5.41) is 14.4. The van der Waals surface area contributed by atoms with Crippen LogP contribution in [-0.4, -0.2) is 30.3 Å². The summed E-state index contributed by atoms with van der Waals surface area (Å²) in [6.45, 7) is 7.44. The molecule has 106 valence electrons. The van der Waals surface area contributed by atoms with Gasteiger partial charge in [-0.2, -0.15) is 0 Å². The standard InChI is InChI=1S/C15H23ClN2O/c1-3-17-10-12-9-13(16)5-6-14(12)18-8-4-7-15(2,19)11-18/h5-6,9,17,19H,3-4,7-8,10-11H2,1-2H3. The van der Waals surface area contributed by atoms with E-state index in [4.69, 9.17) is 11.6 Å². The second-order valence-corrected chi connectivity index (χ2v) is 6.01. The van der Waals surface area contributed by atoms with E-state index in [-0.39, 0.29) is 0 Å². The van der Waals surface area contributed by atoms with Crippen LogP contribution in [-0.2, 0) is 6.54 Å². The van der Waals surface area contributed by atoms with Gasteiger partial charge in [-0.05, 0) is 50.1 Å². The van der Waals surface area contributed by atoms with Crippen molar-refractivity contribution in [1.29, 1.82) is 0 Å². The Morgan fingerprint density at radius 2 is 2.26 bits per heavy atom. The summed E-state index contributed by atoms with van der Waals surface area (Å²) in [6.07, 6.45) is 1.90. The monoisotopic (exact) mass is 282 g/mol. The van der Waals surface area contributed by atoms with Gasteiger partial charge in [0.05, 0.1) is 5.60 Å². The van der Waals surface area contributed by atoms with E-state index < -0.39 is 5.60 Å². The summed E-state index contributed by atoms with van der Waals surface area (Å²) in [5.74, 6) is 0. The lowest BCUT2D eigenvalue weighted by molar-refractivity contribution is 0.0449. The second-order valence-electron chi connectivity index (χ2n) is 5.58. The maximum absolute atomic E-state index is 10.2. The van der Waals surface area contributed by atoms with Crippen molar-refractivity contribution in [3.63, 3.8) is 0 Å². The Labute approximate surface area is 120 Å². The van der Waals surface area contributed by atoms with E-state index >= 15 is 0 Å². The summed E-state index contributed by atoms with van der Waals surface area (Å²) >= 11 is 6.10. The van der Waals surface area contributed by atoms with Crippen LogP contribution in [0.3, 0.4) is 0 Å². The summed E-state index contributed by atoms with van der Waals surface area (Å²) in [4.78, 5) is 2.27. The molecule has 2 rings (SSSR count). The first-order valence-corrected chi connectivity index (χ1v) is 7.36. The van der Waals surface area contributed by atoms with Gasteiger partial charge in [-0.25, -0.2) is 0 Å². The molecule has 1 aromatic carbocycles. The number of hydrogen-bond acceptors (Lipinski definition) is 3. The van der Waals surface area contributed by atoms with Crippen LogP contribution in [0.2, 0.25) is 5.02 Å². The third kappa shape index (κ3) is 3.85. The number of β-amino-alcohol motifs (C(OH)–C–C–N with tert-alkyl or cyclic N) is 1. The summed E-state index contributed by atoms with van der Waals surface area (Å²) < 4.78 is 0. The molecule has 0 amide bonds. The molecule has 1 aliphatic heterocycles. The zero-order valence-corrected chi connectivity index (χ0v) is 12.5. The van der Waals surface area contributed by atoms with Crippen molar-refractivity contribution >= 4 is 17.3 Å². The molecule has 1 fully saturated rings. The maximum Gasteiger partial charge on any atom is 0.0794 e. The first-order chi connectivity index (χ1) is 9.02. The van der Waals surface area contributed by atoms with Crippen LogP contribution in [0.1, 0.15) is 32.3 Å². The van der Waals surface area contributed by atoms with Crippen LogP contribution in [0.25, 0.3) is 0 Å². The van der Waals surface area contributed by atoms with E-state index in [9.17, 15) is 5.11 Å². The van der Waals surface area contributed by atoms with E-state index in [1.165, 1.54) is 11.3 Å². The van der Waals surface area contributed by atoms with E-state index in [0.717, 1.165) is 37.5 Å². The molecule has 1 heterocycles. The van der Waals surface area contributed by atoms with Crippen LogP contribution >= 0.6 is 11.6 Å². The van der Waals surface area contributed by atoms with Crippen molar-refractivity contribution in [2.45, 2.75) is 38.8 Å². The maximum atomic E-state index is 10.2. The highest BCUT2D eigenvalue weighted by Crippen LogP contribution is 2.30. The van der Waals surface area contributed by atoms with E-state index in [2.05, 4.69) is 23.2 Å². The van der Waals surface area contributed by atoms with E-state index in [0.29, 0.717) is 6.54 Å². The lowest BCUT2D eigenvalue weighted by Gasteiger charge is -2.39. The Morgan fingerprint density at radius 3 is 2.95 bits per heavy atom. The van der Waals surface area contributed by atoms with Crippen LogP contribution in [0.4, 0.5) is 5.69 Å². The summed E-state index contributed by atoms with van der Waals surface area (Å²) in [7, 11) is 0. The Hall–Kier alpha value is -0.770. The fourth-order valence-electron chi connectivity index (χ4n) is 2.69. The van der Waals surface area contributed by atoms with Crippen LogP contribution in [0, 0.1) is 0 Å². The predicted octanol–water partition coefficient (Wildman–Crippen LogP) is 2.80. The van der Waals surface area contributed by atoms with Gasteiger partial charge < -0.3 is 15.3 Å². The van der Waals surface area contributed by atoms with Gasteiger partial charge in [0.15, 0.2) is 0 Å². The minimum atomic E-state index is -0.590. The number of hydrogen-bond donors (Lipinski definition) is 2. The molecule has 19 heavy (non-hydrogen) atoms. The number of nitrogens with zero attached hydrogens (tertiary/aromatic N) is 1.